The van der Waals surface area contributed by atoms with E-state index in [1.54, 1.807) is 30.3 Å². The molecule has 0 fully saturated rings. The second-order valence-electron chi connectivity index (χ2n) is 5.66. The summed E-state index contributed by atoms with van der Waals surface area (Å²) in [5.41, 5.74) is 1.19. The number of hydrogen-bond acceptors (Lipinski definition) is 4. The highest BCUT2D eigenvalue weighted by atomic mass is 35.5. The molecule has 0 aliphatic rings. The summed E-state index contributed by atoms with van der Waals surface area (Å²) in [6, 6.07) is 15.0. The van der Waals surface area contributed by atoms with E-state index in [1.165, 1.54) is 36.5 Å². The molecule has 2 aromatic carbocycles. The van der Waals surface area contributed by atoms with E-state index in [0.717, 1.165) is 6.08 Å². The lowest BCUT2D eigenvalue weighted by Crippen LogP contribution is -2.05. The maximum Gasteiger partial charge on any atom is 0.233 e. The van der Waals surface area contributed by atoms with Gasteiger partial charge in [-0.15, -0.1) is 0 Å². The van der Waals surface area contributed by atoms with Crippen LogP contribution in [0.15, 0.2) is 70.7 Å². The van der Waals surface area contributed by atoms with Gasteiger partial charge in [-0.3, -0.25) is 0 Å². The van der Waals surface area contributed by atoms with Crippen molar-refractivity contribution in [3.05, 3.63) is 87.1 Å². The summed E-state index contributed by atoms with van der Waals surface area (Å²) in [5.74, 6) is -0.673. The maximum absolute atomic E-state index is 14.3. The zero-order chi connectivity index (χ0) is 20.3. The van der Waals surface area contributed by atoms with Crippen molar-refractivity contribution in [3.63, 3.8) is 0 Å². The van der Waals surface area contributed by atoms with Gasteiger partial charge in [0, 0.05) is 11.8 Å². The van der Waals surface area contributed by atoms with Crippen LogP contribution in [0.4, 0.5) is 4.39 Å². The van der Waals surface area contributed by atoms with Gasteiger partial charge in [-0.2, -0.15) is 5.26 Å². The monoisotopic (exact) mass is 432 g/mol. The molecule has 3 aromatic rings. The fourth-order valence-corrected chi connectivity index (χ4v) is 3.82. The molecule has 3 rings (SSSR count). The number of aromatic nitrogens is 1. The van der Waals surface area contributed by atoms with Crippen LogP contribution in [0.25, 0.3) is 17.2 Å². The van der Waals surface area contributed by atoms with E-state index >= 15 is 0 Å². The molecule has 0 aliphatic heterocycles. The maximum atomic E-state index is 14.3. The van der Waals surface area contributed by atoms with Crippen molar-refractivity contribution in [3.8, 4) is 17.2 Å². The molecule has 1 aromatic heterocycles. The van der Waals surface area contributed by atoms with E-state index in [2.05, 4.69) is 4.98 Å². The van der Waals surface area contributed by atoms with E-state index in [4.69, 9.17) is 23.2 Å². The molecule has 140 valence electrons. The average Bonchev–Trinajstić information content (AvgIpc) is 2.70. The predicted molar refractivity (Wildman–Crippen MR) is 107 cm³/mol. The van der Waals surface area contributed by atoms with Crippen molar-refractivity contribution >= 4 is 39.1 Å². The number of hydrogen-bond donors (Lipinski definition) is 0. The molecule has 0 atom stereocenters. The summed E-state index contributed by atoms with van der Waals surface area (Å²) in [5, 5.41) is 9.77. The van der Waals surface area contributed by atoms with Gasteiger partial charge >= 0.3 is 0 Å². The highest BCUT2D eigenvalue weighted by Crippen LogP contribution is 2.30. The molecule has 0 amide bonds. The fraction of sp³-hybridized carbons (Fsp3) is 0. The van der Waals surface area contributed by atoms with Crippen LogP contribution in [0.1, 0.15) is 5.56 Å². The molecule has 28 heavy (non-hydrogen) atoms. The fourth-order valence-electron chi connectivity index (χ4n) is 2.44. The molecule has 0 radical (unpaired) electrons. The second kappa shape index (κ2) is 8.11. The Morgan fingerprint density at radius 2 is 1.75 bits per heavy atom. The Balaban J connectivity index is 2.10. The molecule has 1 heterocycles. The van der Waals surface area contributed by atoms with Crippen molar-refractivity contribution < 1.29 is 12.8 Å². The minimum atomic E-state index is -4.17. The summed E-state index contributed by atoms with van der Waals surface area (Å²) < 4.78 is 39.5. The third kappa shape index (κ3) is 4.07. The lowest BCUT2D eigenvalue weighted by Gasteiger charge is -2.07. The van der Waals surface area contributed by atoms with E-state index in [9.17, 15) is 18.1 Å². The number of allylic oxidation sites excluding steroid dienone is 1. The first-order valence-corrected chi connectivity index (χ1v) is 10.1. The van der Waals surface area contributed by atoms with Crippen molar-refractivity contribution in [1.82, 2.24) is 4.98 Å². The Hall–Kier alpha value is -2.72. The van der Waals surface area contributed by atoms with Crippen molar-refractivity contribution in [2.45, 2.75) is 5.03 Å². The van der Waals surface area contributed by atoms with Crippen LogP contribution in [-0.2, 0) is 9.84 Å². The van der Waals surface area contributed by atoms with Crippen LogP contribution in [-0.4, -0.2) is 13.4 Å². The number of nitrogens with zero attached hydrogens (tertiary/aromatic N) is 2. The topological polar surface area (TPSA) is 70.8 Å². The van der Waals surface area contributed by atoms with Gasteiger partial charge in [0.05, 0.1) is 10.0 Å². The Labute approximate surface area is 171 Å². The normalized spacial score (nSPS) is 11.9. The van der Waals surface area contributed by atoms with E-state index in [-0.39, 0.29) is 10.6 Å². The van der Waals surface area contributed by atoms with Gasteiger partial charge < -0.3 is 0 Å². The second-order valence-corrected chi connectivity index (χ2v) is 8.34. The van der Waals surface area contributed by atoms with E-state index < -0.39 is 20.6 Å². The Morgan fingerprint density at radius 1 is 1.04 bits per heavy atom. The number of pyridine rings is 1. The van der Waals surface area contributed by atoms with Gasteiger partial charge in [0.25, 0.3) is 0 Å². The molecule has 0 bridgehead atoms. The summed E-state index contributed by atoms with van der Waals surface area (Å²) >= 11 is 11.9. The standard InChI is InChI=1S/C20H11Cl2FN2O2S/c21-17-6-4-14(11-18(17)22)13-5-7-19(23)15(9-13)10-16(12-24)28(26,27)20-3-1-2-8-25-20/h1-11H/b16-10+. The zero-order valence-electron chi connectivity index (χ0n) is 14.1. The third-order valence-corrected chi connectivity index (χ3v) is 6.17. The van der Waals surface area contributed by atoms with Crippen molar-refractivity contribution in [2.75, 3.05) is 0 Å². The van der Waals surface area contributed by atoms with Crippen LogP contribution in [0.2, 0.25) is 10.0 Å². The van der Waals surface area contributed by atoms with Crippen LogP contribution in [0, 0.1) is 17.1 Å². The van der Waals surface area contributed by atoms with Gasteiger partial charge in [-0.05, 0) is 53.6 Å². The lowest BCUT2D eigenvalue weighted by molar-refractivity contribution is 0.599. The van der Waals surface area contributed by atoms with Crippen LogP contribution >= 0.6 is 23.2 Å². The molecular formula is C20H11Cl2FN2O2S. The smallest absolute Gasteiger partial charge is 0.233 e. The minimum absolute atomic E-state index is 0.0559. The largest absolute Gasteiger partial charge is 0.244 e. The molecule has 0 N–H and O–H groups in total. The number of nitriles is 1. The Bertz CT molecular complexity index is 1220. The van der Waals surface area contributed by atoms with Gasteiger partial charge in [-0.1, -0.05) is 41.4 Å². The summed E-state index contributed by atoms with van der Waals surface area (Å²) in [4.78, 5) is 3.15. The summed E-state index contributed by atoms with van der Waals surface area (Å²) in [6.45, 7) is 0. The van der Waals surface area contributed by atoms with Gasteiger partial charge in [0.1, 0.15) is 11.9 Å². The quantitative estimate of drug-likeness (QED) is 0.507. The summed E-state index contributed by atoms with van der Waals surface area (Å²) in [7, 11) is -4.17. The first-order valence-electron chi connectivity index (χ1n) is 7.86. The van der Waals surface area contributed by atoms with Crippen LogP contribution in [0.3, 0.4) is 0 Å². The average molecular weight is 433 g/mol. The van der Waals surface area contributed by atoms with Crippen LogP contribution in [0.5, 0.6) is 0 Å². The highest BCUT2D eigenvalue weighted by molar-refractivity contribution is 7.95. The highest BCUT2D eigenvalue weighted by Gasteiger charge is 2.22. The molecule has 0 unspecified atom stereocenters. The Kier molecular flexibility index (Phi) is 5.80. The molecule has 0 aliphatic carbocycles. The third-order valence-electron chi connectivity index (χ3n) is 3.85. The summed E-state index contributed by atoms with van der Waals surface area (Å²) in [6.07, 6.45) is 2.29. The van der Waals surface area contributed by atoms with Crippen molar-refractivity contribution in [1.29, 1.82) is 5.26 Å². The first kappa shape index (κ1) is 20.0. The number of halogens is 3. The first-order chi connectivity index (χ1) is 13.3. The zero-order valence-corrected chi connectivity index (χ0v) is 16.4. The number of sulfone groups is 1. The lowest BCUT2D eigenvalue weighted by atomic mass is 10.0. The molecule has 4 nitrogen and oxygen atoms in total. The molecular weight excluding hydrogens is 422 g/mol. The van der Waals surface area contributed by atoms with E-state index in [0.29, 0.717) is 21.2 Å². The Morgan fingerprint density at radius 3 is 2.39 bits per heavy atom. The van der Waals surface area contributed by atoms with Gasteiger partial charge in [0.2, 0.25) is 9.84 Å². The number of rotatable bonds is 4. The molecule has 0 spiro atoms. The molecule has 0 saturated carbocycles. The number of benzene rings is 2. The van der Waals surface area contributed by atoms with Gasteiger partial charge in [-0.25, -0.2) is 17.8 Å². The predicted octanol–water partition coefficient (Wildman–Crippen LogP) is 5.53. The molecule has 8 heteroatoms. The molecule has 0 saturated heterocycles. The van der Waals surface area contributed by atoms with Gasteiger partial charge in [0.15, 0.2) is 9.93 Å². The SMILES string of the molecule is N#C/C(=C\c1cc(-c2ccc(Cl)c(Cl)c2)ccc1F)S(=O)(=O)c1ccccn1. The van der Waals surface area contributed by atoms with Crippen molar-refractivity contribution in [2.24, 2.45) is 0 Å². The van der Waals surface area contributed by atoms with E-state index in [1.807, 2.05) is 0 Å². The minimum Gasteiger partial charge on any atom is -0.244 e. The van der Waals surface area contributed by atoms with Crippen LogP contribution < -0.4 is 0 Å².